The Labute approximate surface area is 195 Å². The zero-order valence-corrected chi connectivity index (χ0v) is 19.2. The molecule has 0 aliphatic carbocycles. The van der Waals surface area contributed by atoms with Crippen LogP contribution in [-0.2, 0) is 17.5 Å². The van der Waals surface area contributed by atoms with E-state index in [1.54, 1.807) is 24.1 Å². The summed E-state index contributed by atoms with van der Waals surface area (Å²) in [6.07, 6.45) is -1.69. The summed E-state index contributed by atoms with van der Waals surface area (Å²) >= 11 is 5.91. The average molecular weight is 483 g/mol. The summed E-state index contributed by atoms with van der Waals surface area (Å²) in [5.41, 5.74) is 0.409. The molecule has 1 aromatic heterocycles. The third-order valence-electron chi connectivity index (χ3n) is 5.69. The second-order valence-electron chi connectivity index (χ2n) is 8.06. The number of alkyl halides is 3. The SMILES string of the molecule is CC[C@H](NC(=O)N1CCC[C@@H]1C(=O)N(C)Cc1ccc(Cl)cc1)c1ccc(C(F)(F)F)nc1. The lowest BCUT2D eigenvalue weighted by atomic mass is 10.1. The van der Waals surface area contributed by atoms with E-state index in [1.807, 2.05) is 19.1 Å². The second-order valence-corrected chi connectivity index (χ2v) is 8.49. The molecule has 1 fully saturated rings. The van der Waals surface area contributed by atoms with Gasteiger partial charge in [0.25, 0.3) is 0 Å². The number of carbonyl (C=O) groups excluding carboxylic acids is 2. The number of likely N-dealkylation sites (tertiary alicyclic amines) is 1. The molecule has 0 saturated carbocycles. The van der Waals surface area contributed by atoms with Crippen LogP contribution in [0.25, 0.3) is 0 Å². The Morgan fingerprint density at radius 1 is 1.24 bits per heavy atom. The molecule has 0 bridgehead atoms. The van der Waals surface area contributed by atoms with Gasteiger partial charge in [-0.3, -0.25) is 9.78 Å². The van der Waals surface area contributed by atoms with Crippen LogP contribution in [0, 0.1) is 0 Å². The number of nitrogens with zero attached hydrogens (tertiary/aromatic N) is 3. The van der Waals surface area contributed by atoms with Gasteiger partial charge >= 0.3 is 12.2 Å². The fraction of sp³-hybridized carbons (Fsp3) is 0.435. The molecule has 2 heterocycles. The van der Waals surface area contributed by atoms with Gasteiger partial charge in [0.15, 0.2) is 0 Å². The van der Waals surface area contributed by atoms with Gasteiger partial charge in [0.2, 0.25) is 5.91 Å². The first-order chi connectivity index (χ1) is 15.6. The minimum absolute atomic E-state index is 0.165. The number of hydrogen-bond acceptors (Lipinski definition) is 3. The third-order valence-corrected chi connectivity index (χ3v) is 5.95. The maximum Gasteiger partial charge on any atom is 0.433 e. The maximum atomic E-state index is 13.0. The van der Waals surface area contributed by atoms with Gasteiger partial charge in [-0.05, 0) is 48.6 Å². The van der Waals surface area contributed by atoms with Crippen molar-refractivity contribution in [1.29, 1.82) is 0 Å². The van der Waals surface area contributed by atoms with Crippen LogP contribution in [0.1, 0.15) is 49.0 Å². The molecule has 0 unspecified atom stereocenters. The van der Waals surface area contributed by atoms with Crippen molar-refractivity contribution in [3.8, 4) is 0 Å². The highest BCUT2D eigenvalue weighted by Gasteiger charge is 2.36. The number of amides is 3. The van der Waals surface area contributed by atoms with Crippen molar-refractivity contribution in [2.24, 2.45) is 0 Å². The van der Waals surface area contributed by atoms with E-state index in [9.17, 15) is 22.8 Å². The third kappa shape index (κ3) is 6.16. The molecule has 0 radical (unpaired) electrons. The predicted octanol–water partition coefficient (Wildman–Crippen LogP) is 5.04. The highest BCUT2D eigenvalue weighted by atomic mass is 35.5. The molecule has 2 atom stereocenters. The quantitative estimate of drug-likeness (QED) is 0.627. The van der Waals surface area contributed by atoms with Crippen molar-refractivity contribution in [3.05, 3.63) is 64.4 Å². The highest BCUT2D eigenvalue weighted by Crippen LogP contribution is 2.28. The van der Waals surface area contributed by atoms with Crippen LogP contribution >= 0.6 is 11.6 Å². The number of likely N-dealkylation sites (N-methyl/N-ethyl adjacent to an activating group) is 1. The van der Waals surface area contributed by atoms with E-state index in [4.69, 9.17) is 11.6 Å². The van der Waals surface area contributed by atoms with Crippen molar-refractivity contribution < 1.29 is 22.8 Å². The zero-order valence-electron chi connectivity index (χ0n) is 18.4. The number of urea groups is 1. The van der Waals surface area contributed by atoms with Crippen LogP contribution in [0.3, 0.4) is 0 Å². The molecule has 33 heavy (non-hydrogen) atoms. The molecule has 0 spiro atoms. The van der Waals surface area contributed by atoms with Gasteiger partial charge in [-0.1, -0.05) is 36.7 Å². The minimum Gasteiger partial charge on any atom is -0.340 e. The summed E-state index contributed by atoms with van der Waals surface area (Å²) in [5, 5.41) is 3.45. The summed E-state index contributed by atoms with van der Waals surface area (Å²) < 4.78 is 38.3. The summed E-state index contributed by atoms with van der Waals surface area (Å²) in [7, 11) is 1.69. The Balaban J connectivity index is 1.65. The normalized spacial score (nSPS) is 17.0. The van der Waals surface area contributed by atoms with E-state index in [0.717, 1.165) is 17.8 Å². The van der Waals surface area contributed by atoms with Crippen LogP contribution in [0.15, 0.2) is 42.6 Å². The molecule has 6 nitrogen and oxygen atoms in total. The first-order valence-corrected chi connectivity index (χ1v) is 11.1. The van der Waals surface area contributed by atoms with Crippen LogP contribution in [-0.4, -0.2) is 46.4 Å². The van der Waals surface area contributed by atoms with Gasteiger partial charge in [0.05, 0.1) is 6.04 Å². The zero-order chi connectivity index (χ0) is 24.2. The molecule has 178 valence electrons. The first-order valence-electron chi connectivity index (χ1n) is 10.7. The molecule has 1 N–H and O–H groups in total. The Bertz CT molecular complexity index is 967. The Kier molecular flexibility index (Phi) is 7.84. The Morgan fingerprint density at radius 2 is 1.94 bits per heavy atom. The highest BCUT2D eigenvalue weighted by molar-refractivity contribution is 6.30. The van der Waals surface area contributed by atoms with Gasteiger partial charge in [-0.15, -0.1) is 0 Å². The standard InChI is InChI=1S/C23H26ClF3N4O2/c1-3-18(16-8-11-20(28-13-16)23(25,26)27)29-22(33)31-12-4-5-19(31)21(32)30(2)14-15-6-9-17(24)10-7-15/h6-11,13,18-19H,3-5,12,14H2,1-2H3,(H,29,33)/t18-,19+/m0/s1. The lowest BCUT2D eigenvalue weighted by Gasteiger charge is -2.30. The van der Waals surface area contributed by atoms with Crippen LogP contribution in [0.2, 0.25) is 5.02 Å². The number of benzene rings is 1. The van der Waals surface area contributed by atoms with Crippen LogP contribution in [0.5, 0.6) is 0 Å². The lowest BCUT2D eigenvalue weighted by molar-refractivity contribution is -0.141. The number of carbonyl (C=O) groups is 2. The van der Waals surface area contributed by atoms with E-state index in [1.165, 1.54) is 11.0 Å². The fourth-order valence-corrected chi connectivity index (χ4v) is 4.02. The van der Waals surface area contributed by atoms with Crippen molar-refractivity contribution in [3.63, 3.8) is 0 Å². The number of pyridine rings is 1. The molecular formula is C23H26ClF3N4O2. The van der Waals surface area contributed by atoms with Gasteiger partial charge in [0.1, 0.15) is 11.7 Å². The predicted molar refractivity (Wildman–Crippen MR) is 118 cm³/mol. The van der Waals surface area contributed by atoms with Crippen molar-refractivity contribution in [2.45, 2.75) is 51.0 Å². The second kappa shape index (κ2) is 10.4. The van der Waals surface area contributed by atoms with Gasteiger partial charge < -0.3 is 15.1 Å². The Morgan fingerprint density at radius 3 is 2.52 bits per heavy atom. The van der Waals surface area contributed by atoms with Gasteiger partial charge in [-0.2, -0.15) is 13.2 Å². The molecule has 1 aliphatic rings. The van der Waals surface area contributed by atoms with E-state index >= 15 is 0 Å². The molecule has 3 rings (SSSR count). The fourth-order valence-electron chi connectivity index (χ4n) is 3.89. The number of nitrogens with one attached hydrogen (secondary N) is 1. The largest absolute Gasteiger partial charge is 0.433 e. The summed E-state index contributed by atoms with van der Waals surface area (Å²) in [6, 6.07) is 7.88. The number of halogens is 4. The Hall–Kier alpha value is -2.81. The van der Waals surface area contributed by atoms with Crippen molar-refractivity contribution in [2.75, 3.05) is 13.6 Å². The molecule has 1 aliphatic heterocycles. The molecular weight excluding hydrogens is 457 g/mol. The molecule has 3 amide bonds. The summed E-state index contributed by atoms with van der Waals surface area (Å²) in [6.45, 7) is 2.63. The number of rotatable bonds is 6. The maximum absolute atomic E-state index is 13.0. The number of hydrogen-bond donors (Lipinski definition) is 1. The smallest absolute Gasteiger partial charge is 0.340 e. The van der Waals surface area contributed by atoms with E-state index in [-0.39, 0.29) is 5.91 Å². The van der Waals surface area contributed by atoms with Gasteiger partial charge in [0, 0.05) is 31.4 Å². The summed E-state index contributed by atoms with van der Waals surface area (Å²) in [4.78, 5) is 32.6. The minimum atomic E-state index is -4.52. The van der Waals surface area contributed by atoms with E-state index in [2.05, 4.69) is 10.3 Å². The lowest BCUT2D eigenvalue weighted by Crippen LogP contribution is -2.50. The van der Waals surface area contributed by atoms with Crippen LogP contribution in [0.4, 0.5) is 18.0 Å². The van der Waals surface area contributed by atoms with E-state index < -0.39 is 30.0 Å². The molecule has 1 saturated heterocycles. The van der Waals surface area contributed by atoms with Gasteiger partial charge in [-0.25, -0.2) is 4.79 Å². The molecule has 10 heteroatoms. The topological polar surface area (TPSA) is 65.5 Å². The average Bonchev–Trinajstić information content (AvgIpc) is 3.28. The van der Waals surface area contributed by atoms with Crippen molar-refractivity contribution >= 4 is 23.5 Å². The number of aromatic nitrogens is 1. The first kappa shape index (κ1) is 24.8. The van der Waals surface area contributed by atoms with Crippen molar-refractivity contribution in [1.82, 2.24) is 20.1 Å². The van der Waals surface area contributed by atoms with E-state index in [0.29, 0.717) is 42.9 Å². The summed E-state index contributed by atoms with van der Waals surface area (Å²) in [5.74, 6) is -0.165. The molecule has 1 aromatic carbocycles. The van der Waals surface area contributed by atoms with Crippen LogP contribution < -0.4 is 5.32 Å². The monoisotopic (exact) mass is 482 g/mol. The molecule has 2 aromatic rings.